The van der Waals surface area contributed by atoms with Crippen molar-refractivity contribution < 1.29 is 9.15 Å². The van der Waals surface area contributed by atoms with Crippen LogP contribution in [0, 0.1) is 13.8 Å². The zero-order valence-corrected chi connectivity index (χ0v) is 13.1. The SMILES string of the molecule is CCCCOc1ccc2nc3c(C)cc(=O)c(C)c-3oc2c1. The van der Waals surface area contributed by atoms with Crippen LogP contribution in [0.4, 0.5) is 0 Å². The Morgan fingerprint density at radius 1 is 1.23 bits per heavy atom. The fraction of sp³-hybridized carbons (Fsp3) is 0.333. The summed E-state index contributed by atoms with van der Waals surface area (Å²) in [6, 6.07) is 7.23. The van der Waals surface area contributed by atoms with Crippen LogP contribution in [0.3, 0.4) is 0 Å². The molecular formula is C18H19NO3. The molecule has 4 heteroatoms. The maximum absolute atomic E-state index is 11.9. The molecule has 0 saturated heterocycles. The predicted octanol–water partition coefficient (Wildman–Crippen LogP) is 4.09. The number of unbranched alkanes of at least 4 members (excludes halogenated alkanes) is 1. The quantitative estimate of drug-likeness (QED) is 0.537. The molecule has 0 unspecified atom stereocenters. The molecule has 114 valence electrons. The van der Waals surface area contributed by atoms with Crippen LogP contribution in [0.15, 0.2) is 33.5 Å². The normalized spacial score (nSPS) is 11.2. The number of benzene rings is 2. The number of hydrogen-bond donors (Lipinski definition) is 0. The maximum Gasteiger partial charge on any atom is 0.185 e. The second-order valence-electron chi connectivity index (χ2n) is 5.54. The van der Waals surface area contributed by atoms with Crippen LogP contribution in [0.2, 0.25) is 0 Å². The molecular weight excluding hydrogens is 278 g/mol. The molecule has 1 heterocycles. The van der Waals surface area contributed by atoms with Crippen molar-refractivity contribution in [2.45, 2.75) is 33.6 Å². The summed E-state index contributed by atoms with van der Waals surface area (Å²) >= 11 is 0. The van der Waals surface area contributed by atoms with E-state index in [-0.39, 0.29) is 5.43 Å². The van der Waals surface area contributed by atoms with Crippen molar-refractivity contribution in [1.82, 2.24) is 4.98 Å². The Balaban J connectivity index is 2.13. The van der Waals surface area contributed by atoms with Crippen LogP contribution in [0.5, 0.6) is 5.75 Å². The largest absolute Gasteiger partial charge is 0.493 e. The highest BCUT2D eigenvalue weighted by atomic mass is 16.5. The molecule has 4 nitrogen and oxygen atoms in total. The third-order valence-corrected chi connectivity index (χ3v) is 3.79. The topological polar surface area (TPSA) is 52.3 Å². The van der Waals surface area contributed by atoms with Gasteiger partial charge in [-0.3, -0.25) is 4.79 Å². The minimum absolute atomic E-state index is 0.0229. The lowest BCUT2D eigenvalue weighted by atomic mass is 10.0. The van der Waals surface area contributed by atoms with Gasteiger partial charge in [0.05, 0.1) is 6.61 Å². The Bertz CT molecular complexity index is 851. The Morgan fingerprint density at radius 2 is 2.05 bits per heavy atom. The third-order valence-electron chi connectivity index (χ3n) is 3.79. The molecule has 1 aliphatic heterocycles. The van der Waals surface area contributed by atoms with Gasteiger partial charge in [-0.2, -0.15) is 0 Å². The standard InChI is InChI=1S/C18H19NO3/c1-4-5-8-21-13-6-7-14-16(10-13)22-18-12(3)15(20)9-11(2)17(18)19-14/h6-7,9-10H,4-5,8H2,1-3H3. The van der Waals surface area contributed by atoms with E-state index in [4.69, 9.17) is 9.15 Å². The summed E-state index contributed by atoms with van der Waals surface area (Å²) in [6.07, 6.45) is 2.11. The maximum atomic E-state index is 11.9. The molecule has 22 heavy (non-hydrogen) atoms. The highest BCUT2D eigenvalue weighted by molar-refractivity contribution is 5.79. The molecule has 1 aromatic carbocycles. The second kappa shape index (κ2) is 5.79. The molecule has 0 fully saturated rings. The van der Waals surface area contributed by atoms with Gasteiger partial charge >= 0.3 is 0 Å². The van der Waals surface area contributed by atoms with Crippen molar-refractivity contribution in [1.29, 1.82) is 0 Å². The van der Waals surface area contributed by atoms with E-state index >= 15 is 0 Å². The molecule has 0 bridgehead atoms. The number of aromatic nitrogens is 1. The van der Waals surface area contributed by atoms with E-state index in [1.54, 1.807) is 13.0 Å². The Hall–Kier alpha value is -2.36. The Morgan fingerprint density at radius 3 is 2.82 bits per heavy atom. The van der Waals surface area contributed by atoms with Crippen LogP contribution in [0.1, 0.15) is 30.9 Å². The summed E-state index contributed by atoms with van der Waals surface area (Å²) in [5.74, 6) is 1.32. The van der Waals surface area contributed by atoms with E-state index < -0.39 is 0 Å². The van der Waals surface area contributed by atoms with Crippen molar-refractivity contribution in [3.8, 4) is 17.2 Å². The van der Waals surface area contributed by atoms with Gasteiger partial charge in [0, 0.05) is 11.6 Å². The Labute approximate surface area is 129 Å². The van der Waals surface area contributed by atoms with Crippen LogP contribution in [-0.4, -0.2) is 11.6 Å². The fourth-order valence-corrected chi connectivity index (χ4v) is 2.43. The minimum Gasteiger partial charge on any atom is -0.493 e. The van der Waals surface area contributed by atoms with Gasteiger partial charge in [-0.05, 0) is 44.0 Å². The lowest BCUT2D eigenvalue weighted by Crippen LogP contribution is -2.09. The van der Waals surface area contributed by atoms with Crippen molar-refractivity contribution in [2.75, 3.05) is 6.61 Å². The van der Waals surface area contributed by atoms with E-state index in [2.05, 4.69) is 11.9 Å². The monoisotopic (exact) mass is 297 g/mol. The molecule has 0 amide bonds. The number of nitrogens with zero attached hydrogens (tertiary/aromatic N) is 1. The predicted molar refractivity (Wildman–Crippen MR) is 86.8 cm³/mol. The zero-order valence-electron chi connectivity index (χ0n) is 13.1. The van der Waals surface area contributed by atoms with E-state index in [0.29, 0.717) is 23.5 Å². The summed E-state index contributed by atoms with van der Waals surface area (Å²) in [5, 5.41) is 0. The molecule has 1 aliphatic carbocycles. The van der Waals surface area contributed by atoms with Gasteiger partial charge in [-0.1, -0.05) is 13.3 Å². The lowest BCUT2D eigenvalue weighted by molar-refractivity contribution is 0.309. The average molecular weight is 297 g/mol. The van der Waals surface area contributed by atoms with Gasteiger partial charge in [0.15, 0.2) is 16.8 Å². The molecule has 2 aliphatic rings. The number of hydrogen-bond acceptors (Lipinski definition) is 4. The first-order valence-electron chi connectivity index (χ1n) is 7.57. The van der Waals surface area contributed by atoms with Crippen molar-refractivity contribution >= 4 is 11.1 Å². The van der Waals surface area contributed by atoms with Gasteiger partial charge in [-0.25, -0.2) is 4.98 Å². The first-order chi connectivity index (χ1) is 10.6. The van der Waals surface area contributed by atoms with Crippen LogP contribution in [-0.2, 0) is 0 Å². The Kier molecular flexibility index (Phi) is 3.84. The van der Waals surface area contributed by atoms with Gasteiger partial charge < -0.3 is 9.15 Å². The summed E-state index contributed by atoms with van der Waals surface area (Å²) in [4.78, 5) is 16.5. The molecule has 0 N–H and O–H groups in total. The molecule has 0 spiro atoms. The smallest absolute Gasteiger partial charge is 0.185 e. The van der Waals surface area contributed by atoms with Crippen LogP contribution in [0.25, 0.3) is 22.6 Å². The molecule has 0 atom stereocenters. The van der Waals surface area contributed by atoms with Gasteiger partial charge in [0.25, 0.3) is 0 Å². The highest BCUT2D eigenvalue weighted by Crippen LogP contribution is 2.30. The van der Waals surface area contributed by atoms with Crippen LogP contribution < -0.4 is 10.2 Å². The van der Waals surface area contributed by atoms with Gasteiger partial charge in [0.1, 0.15) is 17.0 Å². The molecule has 0 saturated carbocycles. The first-order valence-corrected chi connectivity index (χ1v) is 7.57. The first kappa shape index (κ1) is 14.6. The van der Waals surface area contributed by atoms with Crippen molar-refractivity contribution in [3.63, 3.8) is 0 Å². The second-order valence-corrected chi connectivity index (χ2v) is 5.54. The summed E-state index contributed by atoms with van der Waals surface area (Å²) in [5.41, 5.74) is 3.53. The fourth-order valence-electron chi connectivity index (χ4n) is 2.43. The average Bonchev–Trinajstić information content (AvgIpc) is 2.51. The number of fused-ring (bicyclic) bond motifs is 2. The lowest BCUT2D eigenvalue weighted by Gasteiger charge is -2.12. The summed E-state index contributed by atoms with van der Waals surface area (Å²) in [6.45, 7) is 6.45. The van der Waals surface area contributed by atoms with Gasteiger partial charge in [-0.15, -0.1) is 0 Å². The van der Waals surface area contributed by atoms with E-state index in [9.17, 15) is 4.79 Å². The zero-order chi connectivity index (χ0) is 15.7. The molecule has 3 rings (SSSR count). The van der Waals surface area contributed by atoms with E-state index in [1.165, 1.54) is 0 Å². The van der Waals surface area contributed by atoms with Crippen LogP contribution >= 0.6 is 0 Å². The molecule has 1 aromatic rings. The number of aryl methyl sites for hydroxylation is 1. The summed E-state index contributed by atoms with van der Waals surface area (Å²) in [7, 11) is 0. The third kappa shape index (κ3) is 2.56. The molecule has 0 aromatic heterocycles. The highest BCUT2D eigenvalue weighted by Gasteiger charge is 2.17. The molecule has 0 radical (unpaired) electrons. The number of rotatable bonds is 4. The summed E-state index contributed by atoms with van der Waals surface area (Å²) < 4.78 is 11.6. The minimum atomic E-state index is -0.0229. The van der Waals surface area contributed by atoms with Gasteiger partial charge in [0.2, 0.25) is 0 Å². The van der Waals surface area contributed by atoms with E-state index in [1.807, 2.05) is 25.1 Å². The van der Waals surface area contributed by atoms with E-state index in [0.717, 1.165) is 35.4 Å². The number of ether oxygens (including phenoxy) is 1. The van der Waals surface area contributed by atoms with Crippen molar-refractivity contribution in [2.24, 2.45) is 0 Å². The van der Waals surface area contributed by atoms with Crippen molar-refractivity contribution in [3.05, 3.63) is 45.6 Å².